The third-order valence-electron chi connectivity index (χ3n) is 15.0. The van der Waals surface area contributed by atoms with Gasteiger partial charge in [-0.2, -0.15) is 4.98 Å². The number of nitrogens with one attached hydrogen (secondary N) is 2. The van der Waals surface area contributed by atoms with Crippen LogP contribution in [0.2, 0.25) is 5.02 Å². The maximum atomic E-state index is 13.7. The molecule has 6 heterocycles. The summed E-state index contributed by atoms with van der Waals surface area (Å²) in [5.74, 6) is 0.905. The number of piperidine rings is 2. The van der Waals surface area contributed by atoms with Crippen molar-refractivity contribution in [3.8, 4) is 0 Å². The number of carbonyl (C=O) groups excluding carboxylic acids is 3. The first-order valence-electron chi connectivity index (χ1n) is 23.3. The second kappa shape index (κ2) is 17.5. The van der Waals surface area contributed by atoms with Gasteiger partial charge in [0.15, 0.2) is 0 Å². The number of hydrogen-bond donors (Lipinski definition) is 2. The van der Waals surface area contributed by atoms with E-state index in [4.69, 9.17) is 16.6 Å². The van der Waals surface area contributed by atoms with Crippen LogP contribution >= 0.6 is 11.6 Å². The van der Waals surface area contributed by atoms with Gasteiger partial charge in [0.2, 0.25) is 23.7 Å². The Morgan fingerprint density at radius 1 is 0.812 bits per heavy atom. The number of imide groups is 1. The molecule has 5 aromatic rings. The SMILES string of the molecule is Cc1cc(N2CCN(C3CCC(CN4CCC(c5ccc6c(c5)n(C)c(=O)n6C5CCC(=O)NC5=O)CC4)CC3)CC2=O)ccc1Nc1ncc2cc(Cl)c(=O)n(C3CCCC3)c2n1. The third kappa shape index (κ3) is 8.15. The third-order valence-corrected chi connectivity index (χ3v) is 15.3. The number of piperazine rings is 1. The molecule has 0 radical (unpaired) electrons. The molecule has 2 saturated carbocycles. The Balaban J connectivity index is 0.700. The molecule has 2 aliphatic carbocycles. The molecule has 336 valence electrons. The van der Waals surface area contributed by atoms with E-state index in [0.717, 1.165) is 111 Å². The largest absolute Gasteiger partial charge is 0.329 e. The number of benzene rings is 2. The molecule has 15 nitrogen and oxygen atoms in total. The second-order valence-electron chi connectivity index (χ2n) is 18.9. The highest BCUT2D eigenvalue weighted by atomic mass is 35.5. The summed E-state index contributed by atoms with van der Waals surface area (Å²) in [7, 11) is 1.76. The summed E-state index contributed by atoms with van der Waals surface area (Å²) in [4.78, 5) is 80.7. The van der Waals surface area contributed by atoms with E-state index >= 15 is 0 Å². The Bertz CT molecular complexity index is 2760. The molecular formula is C48H57ClN10O5. The van der Waals surface area contributed by atoms with Crippen molar-refractivity contribution >= 4 is 68.7 Å². The minimum atomic E-state index is -0.679. The highest BCUT2D eigenvalue weighted by Gasteiger charge is 2.35. The molecule has 2 N–H and O–H groups in total. The van der Waals surface area contributed by atoms with Crippen LogP contribution in [-0.2, 0) is 21.4 Å². The molecule has 5 aliphatic rings. The first-order valence-corrected chi connectivity index (χ1v) is 23.6. The monoisotopic (exact) mass is 888 g/mol. The van der Waals surface area contributed by atoms with Crippen LogP contribution < -0.4 is 26.8 Å². The molecule has 64 heavy (non-hydrogen) atoms. The number of anilines is 3. The van der Waals surface area contributed by atoms with E-state index in [1.165, 1.54) is 18.4 Å². The Labute approximate surface area is 376 Å². The minimum absolute atomic E-state index is 0.0836. The van der Waals surface area contributed by atoms with Gasteiger partial charge in [-0.1, -0.05) is 30.5 Å². The van der Waals surface area contributed by atoms with Crippen molar-refractivity contribution in [2.75, 3.05) is 49.5 Å². The fourth-order valence-corrected chi connectivity index (χ4v) is 11.6. The zero-order valence-electron chi connectivity index (χ0n) is 36.7. The molecule has 5 fully saturated rings. The molecule has 3 aliphatic heterocycles. The van der Waals surface area contributed by atoms with E-state index in [0.29, 0.717) is 49.0 Å². The number of fused-ring (bicyclic) bond motifs is 2. The van der Waals surface area contributed by atoms with Crippen LogP contribution in [0, 0.1) is 12.8 Å². The number of imidazole rings is 1. The number of amides is 3. The van der Waals surface area contributed by atoms with Gasteiger partial charge in [-0.15, -0.1) is 0 Å². The normalized spacial score (nSPS) is 23.4. The topological polar surface area (TPSA) is 160 Å². The molecule has 2 aromatic carbocycles. The average Bonchev–Trinajstić information content (AvgIpc) is 3.91. The van der Waals surface area contributed by atoms with Crippen LogP contribution in [0.3, 0.4) is 0 Å². The van der Waals surface area contributed by atoms with Crippen LogP contribution in [0.25, 0.3) is 22.1 Å². The zero-order valence-corrected chi connectivity index (χ0v) is 37.5. The number of carbonyl (C=O) groups is 3. The number of aromatic nitrogens is 5. The summed E-state index contributed by atoms with van der Waals surface area (Å²) in [5, 5.41) is 6.67. The standard InChI is InChI=1S/C48H57ClN10O5/c1-29-23-36(12-13-38(29)51-47-50-26-33-24-37(49)46(63)58(44(33)53-47)35-5-3-4-6-35)57-22-21-56(28-43(57)61)34-10-7-30(8-11-34)27-55-19-17-31(18-20-55)32-9-14-39-41(25-32)54(2)48(64)59(39)40-15-16-42(60)52-45(40)62/h9,12-14,23-26,30-31,34-35,40H,3-8,10-11,15-22,27-28H2,1-2H3,(H,50,51,53)(H,52,60,62). The molecule has 3 aromatic heterocycles. The number of aryl methyl sites for hydroxylation is 2. The molecule has 1 unspecified atom stereocenters. The maximum absolute atomic E-state index is 13.7. The molecule has 1 atom stereocenters. The van der Waals surface area contributed by atoms with Crippen molar-refractivity contribution in [3.63, 3.8) is 0 Å². The first-order chi connectivity index (χ1) is 31.0. The second-order valence-corrected chi connectivity index (χ2v) is 19.3. The van der Waals surface area contributed by atoms with Gasteiger partial charge < -0.3 is 15.1 Å². The van der Waals surface area contributed by atoms with Crippen molar-refractivity contribution in [1.82, 2.24) is 38.8 Å². The van der Waals surface area contributed by atoms with Gasteiger partial charge in [-0.25, -0.2) is 9.78 Å². The summed E-state index contributed by atoms with van der Waals surface area (Å²) in [5.41, 5.74) is 5.63. The van der Waals surface area contributed by atoms with Crippen molar-refractivity contribution < 1.29 is 14.4 Å². The number of halogens is 1. The van der Waals surface area contributed by atoms with E-state index in [-0.39, 0.29) is 40.5 Å². The predicted molar refractivity (Wildman–Crippen MR) is 247 cm³/mol. The first kappa shape index (κ1) is 42.6. The number of hydrogen-bond acceptors (Lipinski definition) is 10. The smallest absolute Gasteiger partial charge is 0.324 e. The summed E-state index contributed by atoms with van der Waals surface area (Å²) in [6.45, 7) is 7.16. The Hall–Kier alpha value is -5.38. The summed E-state index contributed by atoms with van der Waals surface area (Å²) in [6, 6.07) is 13.7. The molecule has 10 rings (SSSR count). The maximum Gasteiger partial charge on any atom is 0.329 e. The lowest BCUT2D eigenvalue weighted by Crippen LogP contribution is -2.54. The van der Waals surface area contributed by atoms with Gasteiger partial charge in [-0.3, -0.25) is 43.1 Å². The van der Waals surface area contributed by atoms with Crippen LogP contribution in [0.4, 0.5) is 17.3 Å². The van der Waals surface area contributed by atoms with Crippen molar-refractivity contribution in [1.29, 1.82) is 0 Å². The lowest BCUT2D eigenvalue weighted by Gasteiger charge is -2.42. The lowest BCUT2D eigenvalue weighted by atomic mass is 9.83. The van der Waals surface area contributed by atoms with Crippen LogP contribution in [0.5, 0.6) is 0 Å². The van der Waals surface area contributed by atoms with Crippen LogP contribution in [0.15, 0.2) is 58.3 Å². The van der Waals surface area contributed by atoms with Gasteiger partial charge in [0.05, 0.1) is 17.6 Å². The summed E-state index contributed by atoms with van der Waals surface area (Å²) >= 11 is 6.33. The molecule has 3 amide bonds. The van der Waals surface area contributed by atoms with Gasteiger partial charge in [0, 0.05) is 68.1 Å². The average molecular weight is 890 g/mol. The van der Waals surface area contributed by atoms with Crippen LogP contribution in [-0.4, -0.2) is 96.5 Å². The molecule has 16 heteroatoms. The van der Waals surface area contributed by atoms with E-state index in [1.807, 2.05) is 36.1 Å². The lowest BCUT2D eigenvalue weighted by molar-refractivity contribution is -0.135. The Morgan fingerprint density at radius 2 is 1.59 bits per heavy atom. The fraction of sp³-hybridized carbons (Fsp3) is 0.521. The van der Waals surface area contributed by atoms with Gasteiger partial charge in [0.1, 0.15) is 16.7 Å². The quantitative estimate of drug-likeness (QED) is 0.160. The van der Waals surface area contributed by atoms with Crippen molar-refractivity contribution in [3.05, 3.63) is 85.6 Å². The summed E-state index contributed by atoms with van der Waals surface area (Å²) < 4.78 is 4.93. The highest BCUT2D eigenvalue weighted by molar-refractivity contribution is 6.31. The van der Waals surface area contributed by atoms with Crippen molar-refractivity contribution in [2.45, 2.75) is 108 Å². The van der Waals surface area contributed by atoms with Crippen molar-refractivity contribution in [2.24, 2.45) is 13.0 Å². The van der Waals surface area contributed by atoms with Gasteiger partial charge in [-0.05, 0) is 137 Å². The number of likely N-dealkylation sites (tertiary alicyclic amines) is 1. The number of rotatable bonds is 9. The predicted octanol–water partition coefficient (Wildman–Crippen LogP) is 6.33. The highest BCUT2D eigenvalue weighted by Crippen LogP contribution is 2.36. The van der Waals surface area contributed by atoms with E-state index < -0.39 is 11.9 Å². The number of nitrogens with zero attached hydrogens (tertiary/aromatic N) is 8. The summed E-state index contributed by atoms with van der Waals surface area (Å²) in [6.07, 6.45) is 13.0. The molecule has 0 bridgehead atoms. The van der Waals surface area contributed by atoms with Gasteiger partial charge >= 0.3 is 5.69 Å². The Kier molecular flexibility index (Phi) is 11.7. The zero-order chi connectivity index (χ0) is 44.2. The molecular weight excluding hydrogens is 832 g/mol. The van der Waals surface area contributed by atoms with E-state index in [1.54, 1.807) is 33.0 Å². The van der Waals surface area contributed by atoms with E-state index in [2.05, 4.69) is 37.6 Å². The molecule has 0 spiro atoms. The van der Waals surface area contributed by atoms with E-state index in [9.17, 15) is 24.0 Å². The fourth-order valence-electron chi connectivity index (χ4n) is 11.4. The number of pyridine rings is 1. The Morgan fingerprint density at radius 3 is 2.33 bits per heavy atom. The van der Waals surface area contributed by atoms with Gasteiger partial charge in [0.25, 0.3) is 5.56 Å². The molecule has 3 saturated heterocycles. The minimum Gasteiger partial charge on any atom is -0.324 e. The van der Waals surface area contributed by atoms with Crippen LogP contribution in [0.1, 0.15) is 106 Å².